The van der Waals surface area contributed by atoms with Gasteiger partial charge >= 0.3 is 0 Å². The van der Waals surface area contributed by atoms with Gasteiger partial charge in [-0.15, -0.1) is 0 Å². The van der Waals surface area contributed by atoms with Crippen LogP contribution in [0.2, 0.25) is 0 Å². The van der Waals surface area contributed by atoms with Crippen molar-refractivity contribution in [1.29, 1.82) is 0 Å². The molecular weight excluding hydrogens is 212 g/mol. The molecule has 2 rings (SSSR count). The Morgan fingerprint density at radius 3 is 2.76 bits per heavy atom. The van der Waals surface area contributed by atoms with Crippen LogP contribution in [0.1, 0.15) is 35.6 Å². The molecule has 1 saturated carbocycles. The van der Waals surface area contributed by atoms with Crippen molar-refractivity contribution >= 4 is 5.91 Å². The molecule has 1 amide bonds. The first-order chi connectivity index (χ1) is 8.09. The molecule has 1 aliphatic rings. The molecule has 1 fully saturated rings. The highest BCUT2D eigenvalue weighted by molar-refractivity contribution is 5.82. The molecule has 1 atom stereocenters. The van der Waals surface area contributed by atoms with E-state index < -0.39 is 0 Å². The Bertz CT molecular complexity index is 424. The van der Waals surface area contributed by atoms with Crippen molar-refractivity contribution in [1.82, 2.24) is 5.32 Å². The van der Waals surface area contributed by atoms with Crippen LogP contribution in [0.5, 0.6) is 0 Å². The van der Waals surface area contributed by atoms with Crippen LogP contribution in [-0.4, -0.2) is 12.5 Å². The molecule has 1 aromatic rings. The third kappa shape index (κ3) is 2.86. The Balaban J connectivity index is 2.18. The third-order valence-corrected chi connectivity index (χ3v) is 3.55. The Hall–Kier alpha value is -1.35. The van der Waals surface area contributed by atoms with Crippen molar-refractivity contribution < 1.29 is 4.79 Å². The maximum atomic E-state index is 11.6. The molecule has 3 nitrogen and oxygen atoms in total. The minimum Gasteiger partial charge on any atom is -0.368 e. The molecule has 3 heteroatoms. The summed E-state index contributed by atoms with van der Waals surface area (Å²) >= 11 is 0. The fourth-order valence-corrected chi connectivity index (χ4v) is 2.06. The number of benzene rings is 1. The summed E-state index contributed by atoms with van der Waals surface area (Å²) < 4.78 is 0. The van der Waals surface area contributed by atoms with Gasteiger partial charge in [-0.3, -0.25) is 4.79 Å². The van der Waals surface area contributed by atoms with E-state index in [1.165, 1.54) is 18.4 Å². The molecule has 0 spiro atoms. The molecule has 1 aliphatic carbocycles. The van der Waals surface area contributed by atoms with Crippen LogP contribution < -0.4 is 11.1 Å². The van der Waals surface area contributed by atoms with Crippen LogP contribution >= 0.6 is 0 Å². The van der Waals surface area contributed by atoms with Gasteiger partial charge in [-0.2, -0.15) is 0 Å². The zero-order valence-electron chi connectivity index (χ0n) is 10.5. The number of carbonyl (C=O) groups is 1. The normalized spacial score (nSPS) is 16.8. The highest BCUT2D eigenvalue weighted by Crippen LogP contribution is 2.29. The molecule has 0 aliphatic heterocycles. The molecule has 1 aromatic carbocycles. The number of aryl methyl sites for hydroxylation is 1. The van der Waals surface area contributed by atoms with Crippen LogP contribution in [0, 0.1) is 19.8 Å². The van der Waals surface area contributed by atoms with Crippen molar-refractivity contribution in [2.45, 2.75) is 32.7 Å². The van der Waals surface area contributed by atoms with E-state index in [4.69, 9.17) is 5.73 Å². The molecule has 0 aromatic heterocycles. The van der Waals surface area contributed by atoms with Gasteiger partial charge in [0.05, 0.1) is 0 Å². The summed E-state index contributed by atoms with van der Waals surface area (Å²) in [6.07, 6.45) is 2.54. The number of nitrogens with two attached hydrogens (primary N) is 1. The van der Waals surface area contributed by atoms with Gasteiger partial charge in [-0.05, 0) is 55.8 Å². The van der Waals surface area contributed by atoms with E-state index >= 15 is 0 Å². The van der Waals surface area contributed by atoms with Gasteiger partial charge < -0.3 is 11.1 Å². The van der Waals surface area contributed by atoms with E-state index in [0.717, 1.165) is 23.6 Å². The Morgan fingerprint density at radius 2 is 2.18 bits per heavy atom. The molecule has 0 radical (unpaired) electrons. The van der Waals surface area contributed by atoms with Crippen LogP contribution in [0.4, 0.5) is 0 Å². The van der Waals surface area contributed by atoms with E-state index in [0.29, 0.717) is 0 Å². The van der Waals surface area contributed by atoms with E-state index in [-0.39, 0.29) is 11.9 Å². The molecular formula is C14H20N2O. The second-order valence-electron chi connectivity index (χ2n) is 4.98. The van der Waals surface area contributed by atoms with Gasteiger partial charge in [0.15, 0.2) is 0 Å². The van der Waals surface area contributed by atoms with Crippen molar-refractivity contribution in [2.75, 3.05) is 6.54 Å². The van der Waals surface area contributed by atoms with Gasteiger partial charge in [0, 0.05) is 0 Å². The molecule has 92 valence electrons. The van der Waals surface area contributed by atoms with Crippen molar-refractivity contribution in [3.8, 4) is 0 Å². The maximum Gasteiger partial charge on any atom is 0.239 e. The number of amides is 1. The van der Waals surface area contributed by atoms with Crippen molar-refractivity contribution in [2.24, 2.45) is 11.7 Å². The summed E-state index contributed by atoms with van der Waals surface area (Å²) in [5.74, 6) is 0.446. The van der Waals surface area contributed by atoms with Gasteiger partial charge in [-0.1, -0.05) is 18.2 Å². The highest BCUT2D eigenvalue weighted by Gasteiger charge is 2.25. The van der Waals surface area contributed by atoms with E-state index in [1.54, 1.807) is 0 Å². The SMILES string of the molecule is Cc1cccc(C(NCC2CC2)C(N)=O)c1C. The number of hydrogen-bond acceptors (Lipinski definition) is 2. The molecule has 3 N–H and O–H groups in total. The van der Waals surface area contributed by atoms with Crippen LogP contribution in [0.3, 0.4) is 0 Å². The Labute approximate surface area is 102 Å². The number of primary amides is 1. The van der Waals surface area contributed by atoms with Gasteiger partial charge in [0.25, 0.3) is 0 Å². The summed E-state index contributed by atoms with van der Waals surface area (Å²) in [5.41, 5.74) is 8.85. The van der Waals surface area contributed by atoms with Crippen molar-refractivity contribution in [3.63, 3.8) is 0 Å². The second-order valence-corrected chi connectivity index (χ2v) is 4.98. The lowest BCUT2D eigenvalue weighted by Gasteiger charge is -2.19. The highest BCUT2D eigenvalue weighted by atomic mass is 16.1. The Morgan fingerprint density at radius 1 is 1.47 bits per heavy atom. The fraction of sp³-hybridized carbons (Fsp3) is 0.500. The summed E-state index contributed by atoms with van der Waals surface area (Å²) in [6.45, 7) is 4.98. The predicted octanol–water partition coefficient (Wildman–Crippen LogP) is 1.83. The van der Waals surface area contributed by atoms with E-state index in [9.17, 15) is 4.79 Å². The lowest BCUT2D eigenvalue weighted by Crippen LogP contribution is -2.35. The summed E-state index contributed by atoms with van der Waals surface area (Å²) in [6, 6.07) is 5.66. The van der Waals surface area contributed by atoms with Crippen LogP contribution in [-0.2, 0) is 4.79 Å². The smallest absolute Gasteiger partial charge is 0.239 e. The van der Waals surface area contributed by atoms with E-state index in [2.05, 4.69) is 18.3 Å². The summed E-state index contributed by atoms with van der Waals surface area (Å²) in [4.78, 5) is 11.6. The molecule has 1 unspecified atom stereocenters. The largest absolute Gasteiger partial charge is 0.368 e. The second kappa shape index (κ2) is 4.88. The average Bonchev–Trinajstić information content (AvgIpc) is 3.07. The minimum absolute atomic E-state index is 0.292. The molecule has 0 bridgehead atoms. The van der Waals surface area contributed by atoms with Crippen molar-refractivity contribution in [3.05, 3.63) is 34.9 Å². The topological polar surface area (TPSA) is 55.1 Å². The molecule has 0 saturated heterocycles. The monoisotopic (exact) mass is 232 g/mol. The standard InChI is InChI=1S/C14H20N2O/c1-9-4-3-5-12(10(9)2)13(14(15)17)16-8-11-6-7-11/h3-5,11,13,16H,6-8H2,1-2H3,(H2,15,17). The van der Waals surface area contributed by atoms with E-state index in [1.807, 2.05) is 19.1 Å². The molecule has 0 heterocycles. The van der Waals surface area contributed by atoms with Gasteiger partial charge in [-0.25, -0.2) is 0 Å². The first kappa shape index (κ1) is 12.1. The predicted molar refractivity (Wildman–Crippen MR) is 68.6 cm³/mol. The third-order valence-electron chi connectivity index (χ3n) is 3.55. The number of nitrogens with one attached hydrogen (secondary N) is 1. The molecule has 17 heavy (non-hydrogen) atoms. The first-order valence-electron chi connectivity index (χ1n) is 6.18. The van der Waals surface area contributed by atoms with Gasteiger partial charge in [0.1, 0.15) is 6.04 Å². The zero-order valence-corrected chi connectivity index (χ0v) is 10.5. The first-order valence-corrected chi connectivity index (χ1v) is 6.18. The van der Waals surface area contributed by atoms with Crippen LogP contribution in [0.15, 0.2) is 18.2 Å². The Kier molecular flexibility index (Phi) is 3.48. The lowest BCUT2D eigenvalue weighted by molar-refractivity contribution is -0.120. The lowest BCUT2D eigenvalue weighted by atomic mass is 9.97. The fourth-order valence-electron chi connectivity index (χ4n) is 2.06. The number of hydrogen-bond donors (Lipinski definition) is 2. The quantitative estimate of drug-likeness (QED) is 0.813. The maximum absolute atomic E-state index is 11.6. The summed E-state index contributed by atoms with van der Waals surface area (Å²) in [5, 5.41) is 3.29. The van der Waals surface area contributed by atoms with Crippen LogP contribution in [0.25, 0.3) is 0 Å². The minimum atomic E-state index is -0.351. The zero-order chi connectivity index (χ0) is 12.4. The van der Waals surface area contributed by atoms with Gasteiger partial charge in [0.2, 0.25) is 5.91 Å². The number of rotatable bonds is 5. The average molecular weight is 232 g/mol. The summed E-state index contributed by atoms with van der Waals surface area (Å²) in [7, 11) is 0. The number of carbonyl (C=O) groups excluding carboxylic acids is 1.